The molecule has 0 saturated carbocycles. The summed E-state index contributed by atoms with van der Waals surface area (Å²) >= 11 is 3.44. The zero-order valence-electron chi connectivity index (χ0n) is 12.3. The molecule has 0 radical (unpaired) electrons. The van der Waals surface area contributed by atoms with Crippen LogP contribution < -0.4 is 10.5 Å². The van der Waals surface area contributed by atoms with Gasteiger partial charge in [0.05, 0.1) is 19.8 Å². The van der Waals surface area contributed by atoms with Gasteiger partial charge in [0.25, 0.3) is 0 Å². The van der Waals surface area contributed by atoms with Crippen LogP contribution in [0, 0.1) is 0 Å². The van der Waals surface area contributed by atoms with Gasteiger partial charge in [-0.2, -0.15) is 0 Å². The molecular weight excluding hydrogens is 330 g/mol. The van der Waals surface area contributed by atoms with Gasteiger partial charge in [0.1, 0.15) is 5.75 Å². The van der Waals surface area contributed by atoms with Crippen LogP contribution in [0.2, 0.25) is 0 Å². The standard InChI is InChI=1S/C17H20BrNO2/c1-12(19)17(14-5-7-15(18)8-6-14)21-11-13-3-9-16(20-2)10-4-13/h3-10,12,17H,11,19H2,1-2H3. The van der Waals surface area contributed by atoms with Crippen molar-refractivity contribution in [1.29, 1.82) is 0 Å². The van der Waals surface area contributed by atoms with Crippen LogP contribution in [-0.2, 0) is 11.3 Å². The highest BCUT2D eigenvalue weighted by atomic mass is 79.9. The van der Waals surface area contributed by atoms with E-state index >= 15 is 0 Å². The SMILES string of the molecule is COc1ccc(COC(c2ccc(Br)cc2)C(C)N)cc1. The molecule has 2 N–H and O–H groups in total. The second-order valence-corrected chi connectivity index (χ2v) is 5.91. The van der Waals surface area contributed by atoms with E-state index in [1.807, 2.05) is 55.5 Å². The predicted molar refractivity (Wildman–Crippen MR) is 88.3 cm³/mol. The maximum atomic E-state index is 6.06. The zero-order valence-corrected chi connectivity index (χ0v) is 13.8. The van der Waals surface area contributed by atoms with Crippen LogP contribution in [0.5, 0.6) is 5.75 Å². The Morgan fingerprint density at radius 3 is 2.19 bits per heavy atom. The van der Waals surface area contributed by atoms with Crippen molar-refractivity contribution >= 4 is 15.9 Å². The Labute approximate surface area is 134 Å². The summed E-state index contributed by atoms with van der Waals surface area (Å²) in [7, 11) is 1.66. The Bertz CT molecular complexity index is 552. The number of hydrogen-bond donors (Lipinski definition) is 1. The lowest BCUT2D eigenvalue weighted by Gasteiger charge is -2.22. The Hall–Kier alpha value is -1.36. The van der Waals surface area contributed by atoms with Crippen molar-refractivity contribution in [2.45, 2.75) is 25.7 Å². The second kappa shape index (κ2) is 7.59. The van der Waals surface area contributed by atoms with Gasteiger partial charge in [-0.25, -0.2) is 0 Å². The van der Waals surface area contributed by atoms with Crippen LogP contribution in [-0.4, -0.2) is 13.2 Å². The molecule has 2 rings (SSSR count). The van der Waals surface area contributed by atoms with Gasteiger partial charge >= 0.3 is 0 Å². The topological polar surface area (TPSA) is 44.5 Å². The van der Waals surface area contributed by atoms with Gasteiger partial charge in [-0.3, -0.25) is 0 Å². The van der Waals surface area contributed by atoms with Crippen molar-refractivity contribution in [2.24, 2.45) is 5.73 Å². The van der Waals surface area contributed by atoms with E-state index < -0.39 is 0 Å². The Morgan fingerprint density at radius 2 is 1.67 bits per heavy atom. The molecule has 0 aliphatic carbocycles. The first kappa shape index (κ1) is 16.0. The van der Waals surface area contributed by atoms with Crippen molar-refractivity contribution in [1.82, 2.24) is 0 Å². The quantitative estimate of drug-likeness (QED) is 0.854. The van der Waals surface area contributed by atoms with Gasteiger partial charge in [0.2, 0.25) is 0 Å². The minimum Gasteiger partial charge on any atom is -0.497 e. The first-order chi connectivity index (χ1) is 10.1. The fourth-order valence-electron chi connectivity index (χ4n) is 2.11. The van der Waals surface area contributed by atoms with Crippen molar-refractivity contribution in [2.75, 3.05) is 7.11 Å². The van der Waals surface area contributed by atoms with Crippen LogP contribution in [0.3, 0.4) is 0 Å². The number of rotatable bonds is 6. The molecule has 0 aliphatic rings. The van der Waals surface area contributed by atoms with Crippen LogP contribution in [0.1, 0.15) is 24.2 Å². The molecule has 0 amide bonds. The summed E-state index contributed by atoms with van der Waals surface area (Å²) in [6.07, 6.45) is -0.125. The van der Waals surface area contributed by atoms with Gasteiger partial charge in [-0.15, -0.1) is 0 Å². The average Bonchev–Trinajstić information content (AvgIpc) is 2.49. The zero-order chi connectivity index (χ0) is 15.2. The van der Waals surface area contributed by atoms with Crippen molar-refractivity contribution in [3.63, 3.8) is 0 Å². The van der Waals surface area contributed by atoms with E-state index in [9.17, 15) is 0 Å². The summed E-state index contributed by atoms with van der Waals surface area (Å²) in [5, 5.41) is 0. The monoisotopic (exact) mass is 349 g/mol. The highest BCUT2D eigenvalue weighted by molar-refractivity contribution is 9.10. The molecular formula is C17H20BrNO2. The van der Waals surface area contributed by atoms with E-state index in [2.05, 4.69) is 15.9 Å². The summed E-state index contributed by atoms with van der Waals surface area (Å²) < 4.78 is 12.2. The van der Waals surface area contributed by atoms with Crippen LogP contribution in [0.25, 0.3) is 0 Å². The normalized spacial score (nSPS) is 13.7. The number of benzene rings is 2. The molecule has 3 nitrogen and oxygen atoms in total. The molecule has 0 saturated heterocycles. The summed E-state index contributed by atoms with van der Waals surface area (Å²) in [5.74, 6) is 0.843. The molecule has 0 heterocycles. The Morgan fingerprint density at radius 1 is 1.05 bits per heavy atom. The maximum absolute atomic E-state index is 6.06. The van der Waals surface area contributed by atoms with Crippen molar-refractivity contribution < 1.29 is 9.47 Å². The van der Waals surface area contributed by atoms with E-state index in [1.54, 1.807) is 7.11 Å². The van der Waals surface area contributed by atoms with Gasteiger partial charge in [-0.05, 0) is 42.3 Å². The molecule has 0 spiro atoms. The summed E-state index contributed by atoms with van der Waals surface area (Å²) in [4.78, 5) is 0. The lowest BCUT2D eigenvalue weighted by atomic mass is 10.0. The smallest absolute Gasteiger partial charge is 0.118 e. The van der Waals surface area contributed by atoms with Gasteiger partial charge in [-0.1, -0.05) is 40.2 Å². The molecule has 2 aromatic carbocycles. The fourth-order valence-corrected chi connectivity index (χ4v) is 2.38. The van der Waals surface area contributed by atoms with Crippen LogP contribution in [0.15, 0.2) is 53.0 Å². The minimum absolute atomic E-state index is 0.0792. The minimum atomic E-state index is -0.125. The third kappa shape index (κ3) is 4.56. The lowest BCUT2D eigenvalue weighted by Crippen LogP contribution is -2.26. The van der Waals surface area contributed by atoms with Crippen LogP contribution in [0.4, 0.5) is 0 Å². The summed E-state index contributed by atoms with van der Waals surface area (Å²) in [5.41, 5.74) is 8.24. The predicted octanol–water partition coefficient (Wildman–Crippen LogP) is 4.06. The van der Waals surface area contributed by atoms with E-state index in [0.29, 0.717) is 6.61 Å². The van der Waals surface area contributed by atoms with E-state index in [1.165, 1.54) is 0 Å². The number of halogens is 1. The molecule has 2 atom stereocenters. The first-order valence-electron chi connectivity index (χ1n) is 6.85. The highest BCUT2D eigenvalue weighted by Crippen LogP contribution is 2.24. The molecule has 2 aromatic rings. The third-order valence-electron chi connectivity index (χ3n) is 3.26. The highest BCUT2D eigenvalue weighted by Gasteiger charge is 2.17. The van der Waals surface area contributed by atoms with Gasteiger partial charge in [0, 0.05) is 10.5 Å². The largest absolute Gasteiger partial charge is 0.497 e. The molecule has 0 bridgehead atoms. The van der Waals surface area contributed by atoms with Gasteiger partial charge < -0.3 is 15.2 Å². The molecule has 4 heteroatoms. The van der Waals surface area contributed by atoms with Gasteiger partial charge in [0.15, 0.2) is 0 Å². The number of methoxy groups -OCH3 is 1. The second-order valence-electron chi connectivity index (χ2n) is 4.99. The number of nitrogens with two attached hydrogens (primary N) is 1. The Kier molecular flexibility index (Phi) is 5.79. The fraction of sp³-hybridized carbons (Fsp3) is 0.294. The molecule has 0 aliphatic heterocycles. The average molecular weight is 350 g/mol. The maximum Gasteiger partial charge on any atom is 0.118 e. The summed E-state index contributed by atoms with van der Waals surface area (Å²) in [6.45, 7) is 2.48. The third-order valence-corrected chi connectivity index (χ3v) is 3.79. The first-order valence-corrected chi connectivity index (χ1v) is 7.65. The van der Waals surface area contributed by atoms with Crippen molar-refractivity contribution in [3.8, 4) is 5.75 Å². The van der Waals surface area contributed by atoms with Crippen molar-refractivity contribution in [3.05, 3.63) is 64.1 Å². The van der Waals surface area contributed by atoms with E-state index in [0.717, 1.165) is 21.3 Å². The molecule has 21 heavy (non-hydrogen) atoms. The number of ether oxygens (including phenoxy) is 2. The Balaban J connectivity index is 2.04. The lowest BCUT2D eigenvalue weighted by molar-refractivity contribution is 0.0259. The number of hydrogen-bond acceptors (Lipinski definition) is 3. The molecule has 0 aromatic heterocycles. The molecule has 0 fully saturated rings. The molecule has 112 valence electrons. The molecule has 2 unspecified atom stereocenters. The van der Waals surface area contributed by atoms with E-state index in [4.69, 9.17) is 15.2 Å². The van der Waals surface area contributed by atoms with E-state index in [-0.39, 0.29) is 12.1 Å². The van der Waals surface area contributed by atoms with Crippen LogP contribution >= 0.6 is 15.9 Å². The summed E-state index contributed by atoms with van der Waals surface area (Å²) in [6, 6.07) is 15.8.